The lowest BCUT2D eigenvalue weighted by atomic mass is 9.92. The second-order valence-electron chi connectivity index (χ2n) is 7.17. The molecule has 0 saturated heterocycles. The van der Waals surface area contributed by atoms with Gasteiger partial charge in [0.05, 0.1) is 0 Å². The summed E-state index contributed by atoms with van der Waals surface area (Å²) in [7, 11) is 0. The molecular weight excluding hydrogens is 296 g/mol. The maximum absolute atomic E-state index is 6.25. The maximum atomic E-state index is 6.25. The van der Waals surface area contributed by atoms with Gasteiger partial charge in [-0.2, -0.15) is 0 Å². The summed E-state index contributed by atoms with van der Waals surface area (Å²) in [6.07, 6.45) is 5.39. The van der Waals surface area contributed by atoms with Crippen molar-refractivity contribution in [1.82, 2.24) is 0 Å². The Bertz CT molecular complexity index is 729. The molecule has 0 aromatic heterocycles. The zero-order chi connectivity index (χ0) is 17.2. The minimum Gasteiger partial charge on any atom is -0.489 e. The first kappa shape index (κ1) is 16.6. The second kappa shape index (κ2) is 6.72. The predicted octanol–water partition coefficient (Wildman–Crippen LogP) is 5.79. The molecule has 2 aromatic rings. The lowest BCUT2D eigenvalue weighted by Gasteiger charge is -2.29. The van der Waals surface area contributed by atoms with Gasteiger partial charge >= 0.3 is 0 Å². The summed E-state index contributed by atoms with van der Waals surface area (Å²) in [5, 5.41) is 0. The van der Waals surface area contributed by atoms with E-state index in [-0.39, 0.29) is 5.60 Å². The van der Waals surface area contributed by atoms with Crippen molar-refractivity contribution < 1.29 is 9.47 Å². The molecule has 126 valence electrons. The molecule has 0 fully saturated rings. The summed E-state index contributed by atoms with van der Waals surface area (Å²) >= 11 is 0. The van der Waals surface area contributed by atoms with Crippen LogP contribution >= 0.6 is 0 Å². The van der Waals surface area contributed by atoms with Crippen LogP contribution in [0, 0.1) is 6.92 Å². The summed E-state index contributed by atoms with van der Waals surface area (Å²) in [6, 6.07) is 14.5. The van der Waals surface area contributed by atoms with Crippen LogP contribution < -0.4 is 9.47 Å². The van der Waals surface area contributed by atoms with Gasteiger partial charge in [-0.25, -0.2) is 0 Å². The van der Waals surface area contributed by atoms with E-state index in [9.17, 15) is 0 Å². The highest BCUT2D eigenvalue weighted by Crippen LogP contribution is 2.38. The van der Waals surface area contributed by atoms with Gasteiger partial charge < -0.3 is 9.47 Å². The normalized spacial score (nSPS) is 20.2. The number of hydrogen-bond acceptors (Lipinski definition) is 2. The van der Waals surface area contributed by atoms with E-state index in [1.165, 1.54) is 11.1 Å². The summed E-state index contributed by atoms with van der Waals surface area (Å²) < 4.78 is 12.3. The van der Waals surface area contributed by atoms with E-state index >= 15 is 0 Å². The highest BCUT2D eigenvalue weighted by Gasteiger charge is 2.23. The summed E-state index contributed by atoms with van der Waals surface area (Å²) in [6.45, 7) is 9.09. The highest BCUT2D eigenvalue weighted by atomic mass is 16.5. The van der Waals surface area contributed by atoms with Gasteiger partial charge in [0, 0.05) is 5.56 Å². The molecule has 1 heterocycles. The summed E-state index contributed by atoms with van der Waals surface area (Å²) in [4.78, 5) is 0. The topological polar surface area (TPSA) is 18.5 Å². The van der Waals surface area contributed by atoms with E-state index < -0.39 is 0 Å². The first-order chi connectivity index (χ1) is 11.4. The van der Waals surface area contributed by atoms with Crippen LogP contribution in [0.3, 0.4) is 0 Å². The molecule has 24 heavy (non-hydrogen) atoms. The van der Waals surface area contributed by atoms with Crippen LogP contribution in [0.5, 0.6) is 11.5 Å². The number of fused-ring (bicyclic) bond motifs is 1. The molecular formula is C22H26O2. The average Bonchev–Trinajstić information content (AvgIpc) is 2.53. The first-order valence-electron chi connectivity index (χ1n) is 8.62. The molecule has 1 aliphatic heterocycles. The number of benzene rings is 2. The van der Waals surface area contributed by atoms with Crippen molar-refractivity contribution in [2.75, 3.05) is 0 Å². The number of hydrogen-bond donors (Lipinski definition) is 0. The van der Waals surface area contributed by atoms with Gasteiger partial charge in [-0.1, -0.05) is 43.3 Å². The molecule has 2 nitrogen and oxygen atoms in total. The molecule has 0 bridgehead atoms. The van der Waals surface area contributed by atoms with Crippen LogP contribution in [-0.4, -0.2) is 5.60 Å². The standard InChI is InChI=1S/C22H26O2/c1-16-9-8-12-22(3,4)24-21-13-17(2)20(14-19(16)21)23-15-18-10-6-5-7-11-18/h5-8,10-14,16H,9,15H2,1-4H3/b12-8-. The first-order valence-corrected chi connectivity index (χ1v) is 8.62. The van der Waals surface area contributed by atoms with Gasteiger partial charge in [0.1, 0.15) is 23.7 Å². The van der Waals surface area contributed by atoms with Crippen LogP contribution in [0.25, 0.3) is 0 Å². The minimum absolute atomic E-state index is 0.284. The monoisotopic (exact) mass is 322 g/mol. The summed E-state index contributed by atoms with van der Waals surface area (Å²) in [5.41, 5.74) is 3.23. The highest BCUT2D eigenvalue weighted by molar-refractivity contribution is 5.48. The van der Waals surface area contributed by atoms with Crippen molar-refractivity contribution in [3.8, 4) is 11.5 Å². The van der Waals surface area contributed by atoms with E-state index in [0.29, 0.717) is 12.5 Å². The zero-order valence-electron chi connectivity index (χ0n) is 15.0. The van der Waals surface area contributed by atoms with E-state index in [4.69, 9.17) is 9.47 Å². The Kier molecular flexibility index (Phi) is 4.66. The van der Waals surface area contributed by atoms with E-state index in [2.05, 4.69) is 64.1 Å². The predicted molar refractivity (Wildman–Crippen MR) is 98.8 cm³/mol. The zero-order valence-corrected chi connectivity index (χ0v) is 15.0. The van der Waals surface area contributed by atoms with Crippen molar-refractivity contribution in [2.45, 2.75) is 52.2 Å². The smallest absolute Gasteiger partial charge is 0.124 e. The van der Waals surface area contributed by atoms with Gasteiger partial charge in [-0.15, -0.1) is 0 Å². The minimum atomic E-state index is -0.284. The lowest BCUT2D eigenvalue weighted by molar-refractivity contribution is 0.157. The fourth-order valence-electron chi connectivity index (χ4n) is 3.04. The molecule has 0 saturated carbocycles. The van der Waals surface area contributed by atoms with Crippen LogP contribution in [0.1, 0.15) is 49.8 Å². The van der Waals surface area contributed by atoms with E-state index in [1.807, 2.05) is 18.2 Å². The Morgan fingerprint density at radius 3 is 2.67 bits per heavy atom. The number of ether oxygens (including phenoxy) is 2. The molecule has 0 N–H and O–H groups in total. The Labute approximate surface area is 145 Å². The van der Waals surface area contributed by atoms with Crippen LogP contribution in [-0.2, 0) is 6.61 Å². The number of rotatable bonds is 3. The van der Waals surface area contributed by atoms with Gasteiger partial charge in [0.15, 0.2) is 0 Å². The molecule has 2 heteroatoms. The van der Waals surface area contributed by atoms with Crippen LogP contribution in [0.2, 0.25) is 0 Å². The number of aryl methyl sites for hydroxylation is 1. The van der Waals surface area contributed by atoms with Crippen molar-refractivity contribution in [3.05, 3.63) is 71.3 Å². The largest absolute Gasteiger partial charge is 0.489 e. The molecule has 3 rings (SSSR count). The Morgan fingerprint density at radius 2 is 1.92 bits per heavy atom. The van der Waals surface area contributed by atoms with Crippen molar-refractivity contribution >= 4 is 0 Å². The Balaban J connectivity index is 1.88. The molecule has 0 spiro atoms. The molecule has 2 aromatic carbocycles. The Hall–Kier alpha value is -2.22. The molecule has 0 aliphatic carbocycles. The quantitative estimate of drug-likeness (QED) is 0.665. The van der Waals surface area contributed by atoms with Crippen molar-refractivity contribution in [1.29, 1.82) is 0 Å². The van der Waals surface area contributed by atoms with Crippen LogP contribution in [0.15, 0.2) is 54.6 Å². The fourth-order valence-corrected chi connectivity index (χ4v) is 3.04. The SMILES string of the molecule is Cc1cc2c(cc1OCc1ccccc1)C(C)C/C=C\C(C)(C)O2. The average molecular weight is 322 g/mol. The number of allylic oxidation sites excluding steroid dienone is 1. The maximum Gasteiger partial charge on any atom is 0.124 e. The molecule has 0 amide bonds. The summed E-state index contributed by atoms with van der Waals surface area (Å²) in [5.74, 6) is 2.32. The third-order valence-corrected chi connectivity index (χ3v) is 4.46. The van der Waals surface area contributed by atoms with Crippen molar-refractivity contribution in [2.24, 2.45) is 0 Å². The fraction of sp³-hybridized carbons (Fsp3) is 0.364. The van der Waals surface area contributed by atoms with Gasteiger partial charge in [-0.05, 0) is 62.4 Å². The molecule has 1 unspecified atom stereocenters. The van der Waals surface area contributed by atoms with Crippen molar-refractivity contribution in [3.63, 3.8) is 0 Å². The van der Waals surface area contributed by atoms with Gasteiger partial charge in [-0.3, -0.25) is 0 Å². The lowest BCUT2D eigenvalue weighted by Crippen LogP contribution is -2.27. The Morgan fingerprint density at radius 1 is 1.17 bits per heavy atom. The van der Waals surface area contributed by atoms with E-state index in [1.54, 1.807) is 0 Å². The molecule has 1 atom stereocenters. The molecule has 0 radical (unpaired) electrons. The third kappa shape index (κ3) is 3.81. The third-order valence-electron chi connectivity index (χ3n) is 4.46. The second-order valence-corrected chi connectivity index (χ2v) is 7.17. The van der Waals surface area contributed by atoms with Gasteiger partial charge in [0.2, 0.25) is 0 Å². The van der Waals surface area contributed by atoms with Crippen LogP contribution in [0.4, 0.5) is 0 Å². The van der Waals surface area contributed by atoms with E-state index in [0.717, 1.165) is 23.5 Å². The van der Waals surface area contributed by atoms with Gasteiger partial charge in [0.25, 0.3) is 0 Å². The molecule has 1 aliphatic rings.